The van der Waals surface area contributed by atoms with Gasteiger partial charge in [0.15, 0.2) is 5.01 Å². The third kappa shape index (κ3) is 3.16. The van der Waals surface area contributed by atoms with Crippen LogP contribution in [-0.4, -0.2) is 22.2 Å². The van der Waals surface area contributed by atoms with Crippen LogP contribution in [0, 0.1) is 17.0 Å². The van der Waals surface area contributed by atoms with Crippen LogP contribution in [0.4, 0.5) is 10.8 Å². The molecule has 1 N–H and O–H groups in total. The summed E-state index contributed by atoms with van der Waals surface area (Å²) in [5.74, 6) is 0.573. The molecule has 0 saturated heterocycles. The quantitative estimate of drug-likeness (QED) is 0.668. The van der Waals surface area contributed by atoms with E-state index in [9.17, 15) is 10.1 Å². The van der Waals surface area contributed by atoms with Crippen LogP contribution in [0.2, 0.25) is 0 Å². The van der Waals surface area contributed by atoms with Crippen molar-refractivity contribution in [2.24, 2.45) is 0 Å². The van der Waals surface area contributed by atoms with Crippen LogP contribution in [0.5, 0.6) is 5.75 Å². The van der Waals surface area contributed by atoms with E-state index >= 15 is 0 Å². The van der Waals surface area contributed by atoms with E-state index in [0.29, 0.717) is 11.3 Å². The van der Waals surface area contributed by atoms with Gasteiger partial charge in [0.1, 0.15) is 12.4 Å². The molecule has 0 unspecified atom stereocenters. The Hall–Kier alpha value is -2.22. The van der Waals surface area contributed by atoms with Gasteiger partial charge >= 0.3 is 0 Å². The van der Waals surface area contributed by atoms with Crippen LogP contribution in [0.3, 0.4) is 0 Å². The number of nitrogens with one attached hydrogen (secondary N) is 1. The van der Waals surface area contributed by atoms with Crippen molar-refractivity contribution in [3.05, 3.63) is 38.9 Å². The summed E-state index contributed by atoms with van der Waals surface area (Å²) in [5, 5.41) is 22.9. The molecule has 1 aromatic carbocycles. The predicted molar refractivity (Wildman–Crippen MR) is 71.6 cm³/mol. The molecule has 2 aromatic rings. The zero-order chi connectivity index (χ0) is 13.8. The lowest BCUT2D eigenvalue weighted by Crippen LogP contribution is -1.97. The van der Waals surface area contributed by atoms with E-state index < -0.39 is 4.92 Å². The molecule has 0 bridgehead atoms. The van der Waals surface area contributed by atoms with E-state index in [1.54, 1.807) is 26.1 Å². The molecule has 0 radical (unpaired) electrons. The highest BCUT2D eigenvalue weighted by Gasteiger charge is 2.11. The Balaban J connectivity index is 2.03. The van der Waals surface area contributed by atoms with E-state index in [1.807, 2.05) is 0 Å². The minimum absolute atomic E-state index is 0.0840. The summed E-state index contributed by atoms with van der Waals surface area (Å²) in [5.41, 5.74) is 0.649. The first-order chi connectivity index (χ1) is 9.10. The number of rotatable bonds is 5. The summed E-state index contributed by atoms with van der Waals surface area (Å²) >= 11 is 1.40. The van der Waals surface area contributed by atoms with E-state index in [0.717, 1.165) is 10.1 Å². The summed E-state index contributed by atoms with van der Waals surface area (Å²) in [4.78, 5) is 10.3. The number of aromatic nitrogens is 2. The first-order valence-electron chi connectivity index (χ1n) is 5.48. The van der Waals surface area contributed by atoms with E-state index in [-0.39, 0.29) is 12.3 Å². The van der Waals surface area contributed by atoms with E-state index in [4.69, 9.17) is 4.74 Å². The summed E-state index contributed by atoms with van der Waals surface area (Å²) in [6.45, 7) is 1.96. The highest BCUT2D eigenvalue weighted by atomic mass is 32.1. The Morgan fingerprint density at radius 3 is 2.84 bits per heavy atom. The molecule has 19 heavy (non-hydrogen) atoms. The number of nitro groups is 1. The Labute approximate surface area is 113 Å². The van der Waals surface area contributed by atoms with Gasteiger partial charge < -0.3 is 10.1 Å². The highest BCUT2D eigenvalue weighted by molar-refractivity contribution is 7.15. The number of nitrogens with zero attached hydrogens (tertiary/aromatic N) is 3. The van der Waals surface area contributed by atoms with Crippen molar-refractivity contribution in [3.63, 3.8) is 0 Å². The average molecular weight is 280 g/mol. The molecule has 2 rings (SSSR count). The molecule has 0 aliphatic carbocycles. The number of hydrogen-bond donors (Lipinski definition) is 1. The van der Waals surface area contributed by atoms with Crippen molar-refractivity contribution >= 4 is 22.2 Å². The molecule has 0 saturated carbocycles. The van der Waals surface area contributed by atoms with Crippen LogP contribution >= 0.6 is 11.3 Å². The summed E-state index contributed by atoms with van der Waals surface area (Å²) < 4.78 is 5.52. The normalized spacial score (nSPS) is 10.2. The number of hydrogen-bond acceptors (Lipinski definition) is 7. The van der Waals surface area contributed by atoms with Gasteiger partial charge in [0.25, 0.3) is 5.69 Å². The molecule has 0 aliphatic rings. The van der Waals surface area contributed by atoms with Crippen LogP contribution in [0.15, 0.2) is 18.2 Å². The van der Waals surface area contributed by atoms with Crippen LogP contribution in [0.25, 0.3) is 0 Å². The summed E-state index contributed by atoms with van der Waals surface area (Å²) in [6.07, 6.45) is 0. The molecule has 0 amide bonds. The second-order valence-corrected chi connectivity index (χ2v) is 4.81. The topological polar surface area (TPSA) is 90.2 Å². The Morgan fingerprint density at radius 1 is 1.47 bits per heavy atom. The maximum Gasteiger partial charge on any atom is 0.272 e. The Kier molecular flexibility index (Phi) is 3.91. The highest BCUT2D eigenvalue weighted by Crippen LogP contribution is 2.24. The SMILES string of the molecule is CNc1nnc(COc2ccc([N+](=O)[O-])c(C)c2)s1. The van der Waals surface area contributed by atoms with Gasteiger partial charge in [0.2, 0.25) is 5.13 Å². The van der Waals surface area contributed by atoms with Gasteiger partial charge in [-0.2, -0.15) is 0 Å². The molecular weight excluding hydrogens is 268 g/mol. The summed E-state index contributed by atoms with van der Waals surface area (Å²) in [7, 11) is 1.77. The fraction of sp³-hybridized carbons (Fsp3) is 0.273. The number of nitro benzene ring substituents is 1. The van der Waals surface area contributed by atoms with Gasteiger partial charge in [0, 0.05) is 18.7 Å². The number of anilines is 1. The average Bonchev–Trinajstić information content (AvgIpc) is 2.84. The van der Waals surface area contributed by atoms with Crippen molar-refractivity contribution in [3.8, 4) is 5.75 Å². The third-order valence-corrected chi connectivity index (χ3v) is 3.32. The number of aryl methyl sites for hydroxylation is 1. The summed E-state index contributed by atoms with van der Waals surface area (Å²) in [6, 6.07) is 4.65. The Bertz CT molecular complexity index is 599. The first kappa shape index (κ1) is 13.2. The lowest BCUT2D eigenvalue weighted by molar-refractivity contribution is -0.385. The van der Waals surface area contributed by atoms with Crippen LogP contribution in [-0.2, 0) is 6.61 Å². The molecule has 100 valence electrons. The number of benzene rings is 1. The Morgan fingerprint density at radius 2 is 2.26 bits per heavy atom. The lowest BCUT2D eigenvalue weighted by atomic mass is 10.2. The second kappa shape index (κ2) is 5.61. The molecular formula is C11H12N4O3S. The molecule has 0 atom stereocenters. The van der Waals surface area contributed by atoms with Crippen molar-refractivity contribution in [1.29, 1.82) is 0 Å². The smallest absolute Gasteiger partial charge is 0.272 e. The third-order valence-electron chi connectivity index (χ3n) is 2.41. The maximum absolute atomic E-state index is 10.7. The van der Waals surface area contributed by atoms with Crippen molar-refractivity contribution in [2.45, 2.75) is 13.5 Å². The molecule has 1 heterocycles. The molecule has 0 fully saturated rings. The molecule has 7 nitrogen and oxygen atoms in total. The van der Waals surface area contributed by atoms with Gasteiger partial charge in [-0.25, -0.2) is 0 Å². The minimum Gasteiger partial charge on any atom is -0.486 e. The minimum atomic E-state index is -0.414. The molecule has 0 aliphatic heterocycles. The molecule has 0 spiro atoms. The van der Waals surface area contributed by atoms with E-state index in [2.05, 4.69) is 15.5 Å². The zero-order valence-electron chi connectivity index (χ0n) is 10.4. The fourth-order valence-corrected chi connectivity index (χ4v) is 2.09. The predicted octanol–water partition coefficient (Wildman–Crippen LogP) is 2.38. The molecule has 1 aromatic heterocycles. The standard InChI is InChI=1S/C11H12N4O3S/c1-7-5-8(3-4-9(7)15(16)17)18-6-10-13-14-11(12-2)19-10/h3-5H,6H2,1-2H3,(H,12,14). The van der Waals surface area contributed by atoms with Gasteiger partial charge in [0.05, 0.1) is 4.92 Å². The molecule has 8 heteroatoms. The lowest BCUT2D eigenvalue weighted by Gasteiger charge is -2.04. The fourth-order valence-electron chi connectivity index (χ4n) is 1.48. The first-order valence-corrected chi connectivity index (χ1v) is 6.30. The van der Waals surface area contributed by atoms with Gasteiger partial charge in [-0.3, -0.25) is 10.1 Å². The van der Waals surface area contributed by atoms with Gasteiger partial charge in [-0.05, 0) is 19.1 Å². The second-order valence-electron chi connectivity index (χ2n) is 3.75. The largest absolute Gasteiger partial charge is 0.486 e. The van der Waals surface area contributed by atoms with Crippen molar-refractivity contribution in [1.82, 2.24) is 10.2 Å². The monoisotopic (exact) mass is 280 g/mol. The van der Waals surface area contributed by atoms with Crippen LogP contribution in [0.1, 0.15) is 10.6 Å². The van der Waals surface area contributed by atoms with Crippen LogP contribution < -0.4 is 10.1 Å². The van der Waals surface area contributed by atoms with Gasteiger partial charge in [-0.1, -0.05) is 11.3 Å². The van der Waals surface area contributed by atoms with E-state index in [1.165, 1.54) is 17.4 Å². The zero-order valence-corrected chi connectivity index (χ0v) is 11.2. The number of ether oxygens (including phenoxy) is 1. The van der Waals surface area contributed by atoms with Gasteiger partial charge in [-0.15, -0.1) is 10.2 Å². The van der Waals surface area contributed by atoms with Crippen molar-refractivity contribution in [2.75, 3.05) is 12.4 Å². The van der Waals surface area contributed by atoms with Crippen molar-refractivity contribution < 1.29 is 9.66 Å². The maximum atomic E-state index is 10.7.